The molecule has 0 spiro atoms. The van der Waals surface area contributed by atoms with Gasteiger partial charge in [-0.2, -0.15) is 0 Å². The average Bonchev–Trinajstić information content (AvgIpc) is 2.72. The lowest BCUT2D eigenvalue weighted by Crippen LogP contribution is -2.06. The van der Waals surface area contributed by atoms with Crippen LogP contribution in [0.1, 0.15) is 16.8 Å². The molecule has 0 bridgehead atoms. The SMILES string of the molecule is Cn1c(CN)c(Cc2ccccc2)c2cc(Cl)ccc21. The molecule has 0 fully saturated rings. The quantitative estimate of drug-likeness (QED) is 0.777. The third-order valence-corrected chi connectivity index (χ3v) is 4.05. The van der Waals surface area contributed by atoms with E-state index in [0.717, 1.165) is 11.4 Å². The number of hydrogen-bond donors (Lipinski definition) is 1. The summed E-state index contributed by atoms with van der Waals surface area (Å²) in [6.07, 6.45) is 0.880. The van der Waals surface area contributed by atoms with Crippen LogP contribution < -0.4 is 5.73 Å². The number of rotatable bonds is 3. The predicted octanol–water partition coefficient (Wildman–Crippen LogP) is 3.88. The van der Waals surface area contributed by atoms with Crippen LogP contribution in [0.5, 0.6) is 0 Å². The first-order valence-electron chi connectivity index (χ1n) is 6.70. The molecule has 102 valence electrons. The minimum Gasteiger partial charge on any atom is -0.346 e. The second kappa shape index (κ2) is 5.31. The van der Waals surface area contributed by atoms with Crippen LogP contribution >= 0.6 is 11.6 Å². The molecule has 2 nitrogen and oxygen atoms in total. The van der Waals surface area contributed by atoms with E-state index >= 15 is 0 Å². The van der Waals surface area contributed by atoms with Crippen molar-refractivity contribution in [2.45, 2.75) is 13.0 Å². The van der Waals surface area contributed by atoms with Gasteiger partial charge in [-0.1, -0.05) is 41.9 Å². The first-order valence-corrected chi connectivity index (χ1v) is 7.08. The second-order valence-electron chi connectivity index (χ2n) is 5.01. The van der Waals surface area contributed by atoms with Gasteiger partial charge in [0.25, 0.3) is 0 Å². The molecule has 0 aliphatic carbocycles. The Morgan fingerprint density at radius 1 is 1.10 bits per heavy atom. The van der Waals surface area contributed by atoms with Crippen molar-refractivity contribution in [2.24, 2.45) is 12.8 Å². The van der Waals surface area contributed by atoms with Gasteiger partial charge in [0.2, 0.25) is 0 Å². The fraction of sp³-hybridized carbons (Fsp3) is 0.176. The van der Waals surface area contributed by atoms with Gasteiger partial charge < -0.3 is 10.3 Å². The van der Waals surface area contributed by atoms with Crippen molar-refractivity contribution in [2.75, 3.05) is 0 Å². The van der Waals surface area contributed by atoms with E-state index in [1.54, 1.807) is 0 Å². The van der Waals surface area contributed by atoms with Gasteiger partial charge in [-0.3, -0.25) is 0 Å². The monoisotopic (exact) mass is 284 g/mol. The van der Waals surface area contributed by atoms with Crippen LogP contribution in [0.25, 0.3) is 10.9 Å². The zero-order valence-electron chi connectivity index (χ0n) is 11.4. The summed E-state index contributed by atoms with van der Waals surface area (Å²) in [6, 6.07) is 16.5. The molecule has 0 atom stereocenters. The van der Waals surface area contributed by atoms with Crippen LogP contribution in [0.4, 0.5) is 0 Å². The molecule has 0 aliphatic heterocycles. The van der Waals surface area contributed by atoms with E-state index in [-0.39, 0.29) is 0 Å². The van der Waals surface area contributed by atoms with E-state index in [9.17, 15) is 0 Å². The molecule has 0 saturated carbocycles. The number of benzene rings is 2. The highest BCUT2D eigenvalue weighted by Crippen LogP contribution is 2.29. The smallest absolute Gasteiger partial charge is 0.0484 e. The lowest BCUT2D eigenvalue weighted by molar-refractivity contribution is 0.834. The molecular weight excluding hydrogens is 268 g/mol. The minimum atomic E-state index is 0.533. The summed E-state index contributed by atoms with van der Waals surface area (Å²) in [5.41, 5.74) is 10.9. The number of aromatic nitrogens is 1. The Hall–Kier alpha value is -1.77. The Morgan fingerprint density at radius 3 is 2.55 bits per heavy atom. The Morgan fingerprint density at radius 2 is 1.85 bits per heavy atom. The van der Waals surface area contributed by atoms with Gasteiger partial charge in [-0.05, 0) is 35.7 Å². The van der Waals surface area contributed by atoms with Gasteiger partial charge in [-0.15, -0.1) is 0 Å². The molecule has 0 unspecified atom stereocenters. The highest BCUT2D eigenvalue weighted by Gasteiger charge is 2.14. The summed E-state index contributed by atoms with van der Waals surface area (Å²) >= 11 is 6.16. The first kappa shape index (κ1) is 13.2. The Labute approximate surface area is 123 Å². The fourth-order valence-corrected chi connectivity index (χ4v) is 2.98. The van der Waals surface area contributed by atoms with Crippen molar-refractivity contribution >= 4 is 22.5 Å². The molecule has 0 aliphatic rings. The van der Waals surface area contributed by atoms with Gasteiger partial charge in [0.1, 0.15) is 0 Å². The normalized spacial score (nSPS) is 11.2. The summed E-state index contributed by atoms with van der Waals surface area (Å²) in [5, 5.41) is 1.96. The van der Waals surface area contributed by atoms with Crippen LogP contribution in [0, 0.1) is 0 Å². The number of aryl methyl sites for hydroxylation is 1. The second-order valence-corrected chi connectivity index (χ2v) is 5.45. The standard InChI is InChI=1S/C17H17ClN2/c1-20-16-8-7-13(18)10-15(16)14(17(20)11-19)9-12-5-3-2-4-6-12/h2-8,10H,9,11,19H2,1H3. The van der Waals surface area contributed by atoms with Crippen molar-refractivity contribution < 1.29 is 0 Å². The van der Waals surface area contributed by atoms with Crippen LogP contribution in [0.2, 0.25) is 5.02 Å². The number of nitrogens with zero attached hydrogens (tertiary/aromatic N) is 1. The topological polar surface area (TPSA) is 30.9 Å². The Balaban J connectivity index is 2.20. The van der Waals surface area contributed by atoms with Crippen molar-refractivity contribution in [3.8, 4) is 0 Å². The third-order valence-electron chi connectivity index (χ3n) is 3.82. The summed E-state index contributed by atoms with van der Waals surface area (Å²) in [4.78, 5) is 0. The molecular formula is C17H17ClN2. The largest absolute Gasteiger partial charge is 0.346 e. The van der Waals surface area contributed by atoms with E-state index in [1.807, 2.05) is 18.2 Å². The maximum atomic E-state index is 6.16. The molecule has 3 aromatic rings. The fourth-order valence-electron chi connectivity index (χ4n) is 2.80. The molecule has 3 heteroatoms. The van der Waals surface area contributed by atoms with Crippen molar-refractivity contribution in [1.82, 2.24) is 4.57 Å². The van der Waals surface area contributed by atoms with E-state index in [1.165, 1.54) is 27.7 Å². The highest BCUT2D eigenvalue weighted by molar-refractivity contribution is 6.31. The Kier molecular flexibility index (Phi) is 3.51. The summed E-state index contributed by atoms with van der Waals surface area (Å²) in [5.74, 6) is 0. The van der Waals surface area contributed by atoms with E-state index in [4.69, 9.17) is 17.3 Å². The summed E-state index contributed by atoms with van der Waals surface area (Å²) in [7, 11) is 2.06. The van der Waals surface area contributed by atoms with Crippen molar-refractivity contribution in [3.05, 3.63) is 70.4 Å². The van der Waals surface area contributed by atoms with Crippen LogP contribution in [-0.4, -0.2) is 4.57 Å². The van der Waals surface area contributed by atoms with Crippen LogP contribution in [0.15, 0.2) is 48.5 Å². The summed E-state index contributed by atoms with van der Waals surface area (Å²) in [6.45, 7) is 0.533. The number of halogens is 1. The lowest BCUT2D eigenvalue weighted by atomic mass is 10.0. The molecule has 1 heterocycles. The number of fused-ring (bicyclic) bond motifs is 1. The molecule has 0 saturated heterocycles. The van der Waals surface area contributed by atoms with Gasteiger partial charge in [0.15, 0.2) is 0 Å². The number of nitrogens with two attached hydrogens (primary N) is 1. The molecule has 0 amide bonds. The van der Waals surface area contributed by atoms with E-state index in [2.05, 4.69) is 41.9 Å². The molecule has 3 rings (SSSR count). The summed E-state index contributed by atoms with van der Waals surface area (Å²) < 4.78 is 2.17. The lowest BCUT2D eigenvalue weighted by Gasteiger charge is -2.05. The molecule has 0 radical (unpaired) electrons. The predicted molar refractivity (Wildman–Crippen MR) is 85.1 cm³/mol. The van der Waals surface area contributed by atoms with Crippen molar-refractivity contribution in [1.29, 1.82) is 0 Å². The maximum Gasteiger partial charge on any atom is 0.0484 e. The molecule has 1 aromatic heterocycles. The van der Waals surface area contributed by atoms with Gasteiger partial charge in [0.05, 0.1) is 0 Å². The van der Waals surface area contributed by atoms with E-state index < -0.39 is 0 Å². The average molecular weight is 285 g/mol. The Bertz CT molecular complexity index is 745. The van der Waals surface area contributed by atoms with Crippen molar-refractivity contribution in [3.63, 3.8) is 0 Å². The first-order chi connectivity index (χ1) is 9.70. The van der Waals surface area contributed by atoms with Gasteiger partial charge in [-0.25, -0.2) is 0 Å². The van der Waals surface area contributed by atoms with Crippen LogP contribution in [-0.2, 0) is 20.0 Å². The molecule has 2 N–H and O–H groups in total. The molecule has 2 aromatic carbocycles. The van der Waals surface area contributed by atoms with E-state index in [0.29, 0.717) is 6.54 Å². The minimum absolute atomic E-state index is 0.533. The van der Waals surface area contributed by atoms with Gasteiger partial charge in [0, 0.05) is 35.2 Å². The molecule has 20 heavy (non-hydrogen) atoms. The third kappa shape index (κ3) is 2.21. The number of hydrogen-bond acceptors (Lipinski definition) is 1. The maximum absolute atomic E-state index is 6.16. The zero-order chi connectivity index (χ0) is 14.1. The van der Waals surface area contributed by atoms with Gasteiger partial charge >= 0.3 is 0 Å². The van der Waals surface area contributed by atoms with Crippen LogP contribution in [0.3, 0.4) is 0 Å². The highest BCUT2D eigenvalue weighted by atomic mass is 35.5. The zero-order valence-corrected chi connectivity index (χ0v) is 12.2.